The maximum atomic E-state index is 4.58. The van der Waals surface area contributed by atoms with Crippen LogP contribution < -0.4 is 0 Å². The third kappa shape index (κ3) is 2.82. The summed E-state index contributed by atoms with van der Waals surface area (Å²) in [6, 6.07) is 33.0. The van der Waals surface area contributed by atoms with Gasteiger partial charge in [-0.15, -0.1) is 0 Å². The first-order valence-electron chi connectivity index (χ1n) is 10.7. The van der Waals surface area contributed by atoms with Crippen LogP contribution in [0.25, 0.3) is 5.57 Å². The number of hydrogen-bond donors (Lipinski definition) is 0. The lowest BCUT2D eigenvalue weighted by molar-refractivity contribution is 0.339. The molecule has 0 spiro atoms. The number of benzene rings is 3. The van der Waals surface area contributed by atoms with E-state index in [1.807, 2.05) is 0 Å². The predicted molar refractivity (Wildman–Crippen MR) is 123 cm³/mol. The van der Waals surface area contributed by atoms with Crippen molar-refractivity contribution in [2.75, 3.05) is 0 Å². The fourth-order valence-corrected chi connectivity index (χ4v) is 5.79. The van der Waals surface area contributed by atoms with Gasteiger partial charge in [-0.2, -0.15) is 0 Å². The second kappa shape index (κ2) is 6.88. The molecule has 2 fully saturated rings. The quantitative estimate of drug-likeness (QED) is 0.415. The standard InChI is InChI=1S/C29H28/c1-20-24-19-25(29(20,2)3)28(27(24)23-17-11-6-12-18-23)26(21-13-7-4-8-14-21)22-15-9-5-10-16-22/h4-18,24-25,27H,1,19H2,2-3H3/t24-,25+,27-/m0/s1. The van der Waals surface area contributed by atoms with Gasteiger partial charge >= 0.3 is 0 Å². The smallest absolute Gasteiger partial charge is 0.0126 e. The van der Waals surface area contributed by atoms with Crippen LogP contribution in [0, 0.1) is 17.3 Å². The van der Waals surface area contributed by atoms with Gasteiger partial charge < -0.3 is 0 Å². The Balaban J connectivity index is 1.82. The maximum absolute atomic E-state index is 4.58. The molecular formula is C29H28. The second-order valence-corrected chi connectivity index (χ2v) is 9.09. The minimum Gasteiger partial charge on any atom is -0.0990 e. The summed E-state index contributed by atoms with van der Waals surface area (Å²) in [7, 11) is 0. The lowest BCUT2D eigenvalue weighted by Gasteiger charge is -2.40. The molecule has 0 heteroatoms. The monoisotopic (exact) mass is 376 g/mol. The lowest BCUT2D eigenvalue weighted by Crippen LogP contribution is -2.29. The molecule has 0 radical (unpaired) electrons. The van der Waals surface area contributed by atoms with Gasteiger partial charge in [-0.1, -0.05) is 117 Å². The van der Waals surface area contributed by atoms with Gasteiger partial charge in [-0.25, -0.2) is 0 Å². The van der Waals surface area contributed by atoms with Crippen molar-refractivity contribution in [2.45, 2.75) is 26.2 Å². The average Bonchev–Trinajstić information content (AvgIpc) is 3.25. The van der Waals surface area contributed by atoms with Gasteiger partial charge in [0.1, 0.15) is 0 Å². The molecule has 29 heavy (non-hydrogen) atoms. The minimum atomic E-state index is 0.139. The summed E-state index contributed by atoms with van der Waals surface area (Å²) in [5.41, 5.74) is 8.67. The summed E-state index contributed by atoms with van der Waals surface area (Å²) in [6.45, 7) is 9.38. The van der Waals surface area contributed by atoms with E-state index in [4.69, 9.17) is 0 Å². The summed E-state index contributed by atoms with van der Waals surface area (Å²) in [6.07, 6.45) is 1.21. The summed E-state index contributed by atoms with van der Waals surface area (Å²) in [5.74, 6) is 1.47. The molecule has 0 unspecified atom stereocenters. The molecule has 3 aromatic rings. The Morgan fingerprint density at radius 2 is 1.24 bits per heavy atom. The van der Waals surface area contributed by atoms with E-state index in [0.717, 1.165) is 0 Å². The van der Waals surface area contributed by atoms with E-state index < -0.39 is 0 Å². The van der Waals surface area contributed by atoms with Gasteiger partial charge in [0, 0.05) is 5.92 Å². The Kier molecular flexibility index (Phi) is 4.32. The molecular weight excluding hydrogens is 348 g/mol. The Hall–Kier alpha value is -2.86. The van der Waals surface area contributed by atoms with Crippen molar-refractivity contribution < 1.29 is 0 Å². The highest BCUT2D eigenvalue weighted by molar-refractivity contribution is 5.84. The highest BCUT2D eigenvalue weighted by Gasteiger charge is 2.56. The van der Waals surface area contributed by atoms with Crippen molar-refractivity contribution >= 4 is 5.57 Å². The minimum absolute atomic E-state index is 0.139. The number of hydrogen-bond acceptors (Lipinski definition) is 0. The van der Waals surface area contributed by atoms with E-state index in [2.05, 4.69) is 111 Å². The maximum Gasteiger partial charge on any atom is 0.0126 e. The van der Waals surface area contributed by atoms with Crippen LogP contribution >= 0.6 is 0 Å². The second-order valence-electron chi connectivity index (χ2n) is 9.09. The molecule has 2 bridgehead atoms. The molecule has 3 atom stereocenters. The molecule has 2 aliphatic rings. The SMILES string of the molecule is C=C1[C@@H]2C[C@H](C(=C(c3ccccc3)c3ccccc3)[C@H]2c2ccccc2)C1(C)C. The Labute approximate surface area is 174 Å². The molecule has 3 aromatic carbocycles. The Bertz CT molecular complexity index is 1010. The van der Waals surface area contributed by atoms with Crippen LogP contribution in [0.5, 0.6) is 0 Å². The molecule has 144 valence electrons. The van der Waals surface area contributed by atoms with Crippen molar-refractivity contribution in [2.24, 2.45) is 17.3 Å². The number of allylic oxidation sites excluding steroid dienone is 2. The van der Waals surface area contributed by atoms with Crippen LogP contribution in [-0.2, 0) is 0 Å². The molecule has 2 aliphatic carbocycles. The molecule has 0 N–H and O–H groups in total. The van der Waals surface area contributed by atoms with Crippen molar-refractivity contribution in [1.29, 1.82) is 0 Å². The van der Waals surface area contributed by atoms with E-state index in [-0.39, 0.29) is 5.41 Å². The van der Waals surface area contributed by atoms with Crippen LogP contribution in [-0.4, -0.2) is 0 Å². The first-order valence-corrected chi connectivity index (χ1v) is 10.7. The summed E-state index contributed by atoms with van der Waals surface area (Å²) >= 11 is 0. The molecule has 0 aromatic heterocycles. The van der Waals surface area contributed by atoms with Gasteiger partial charge in [0.25, 0.3) is 0 Å². The van der Waals surface area contributed by atoms with Crippen molar-refractivity contribution in [1.82, 2.24) is 0 Å². The average molecular weight is 377 g/mol. The summed E-state index contributed by atoms with van der Waals surface area (Å²) in [5, 5.41) is 0. The predicted octanol–water partition coefficient (Wildman–Crippen LogP) is 7.50. The van der Waals surface area contributed by atoms with Crippen LogP contribution in [0.15, 0.2) is 109 Å². The van der Waals surface area contributed by atoms with Crippen molar-refractivity contribution in [3.8, 4) is 0 Å². The first-order chi connectivity index (χ1) is 14.1. The third-order valence-electron chi connectivity index (χ3n) is 7.32. The summed E-state index contributed by atoms with van der Waals surface area (Å²) in [4.78, 5) is 0. The Morgan fingerprint density at radius 1 is 0.759 bits per heavy atom. The molecule has 2 saturated carbocycles. The lowest BCUT2D eigenvalue weighted by atomic mass is 9.64. The van der Waals surface area contributed by atoms with E-state index in [9.17, 15) is 0 Å². The van der Waals surface area contributed by atoms with Gasteiger partial charge in [-0.3, -0.25) is 0 Å². The number of fused-ring (bicyclic) bond motifs is 2. The zero-order valence-electron chi connectivity index (χ0n) is 17.3. The zero-order valence-corrected chi connectivity index (χ0v) is 17.3. The van der Waals surface area contributed by atoms with E-state index in [0.29, 0.717) is 17.8 Å². The highest BCUT2D eigenvalue weighted by atomic mass is 14.6. The fraction of sp³-hybridized carbons (Fsp3) is 0.241. The molecule has 0 saturated heterocycles. The third-order valence-corrected chi connectivity index (χ3v) is 7.32. The Morgan fingerprint density at radius 3 is 1.76 bits per heavy atom. The normalized spacial score (nSPS) is 24.7. The van der Waals surface area contributed by atoms with Gasteiger partial charge in [-0.05, 0) is 51.5 Å². The van der Waals surface area contributed by atoms with Gasteiger partial charge in [0.05, 0.1) is 0 Å². The van der Waals surface area contributed by atoms with E-state index >= 15 is 0 Å². The molecule has 0 amide bonds. The van der Waals surface area contributed by atoms with Crippen LogP contribution in [0.4, 0.5) is 0 Å². The van der Waals surface area contributed by atoms with Crippen LogP contribution in [0.2, 0.25) is 0 Å². The van der Waals surface area contributed by atoms with Crippen molar-refractivity contribution in [3.05, 3.63) is 125 Å². The molecule has 5 rings (SSSR count). The number of rotatable bonds is 3. The van der Waals surface area contributed by atoms with E-state index in [1.165, 1.54) is 34.3 Å². The molecule has 0 heterocycles. The molecule has 0 aliphatic heterocycles. The van der Waals surface area contributed by atoms with Crippen LogP contribution in [0.1, 0.15) is 42.9 Å². The molecule has 0 nitrogen and oxygen atoms in total. The highest BCUT2D eigenvalue weighted by Crippen LogP contribution is 2.67. The van der Waals surface area contributed by atoms with E-state index in [1.54, 1.807) is 5.57 Å². The largest absolute Gasteiger partial charge is 0.0990 e. The summed E-state index contributed by atoms with van der Waals surface area (Å²) < 4.78 is 0. The zero-order chi connectivity index (χ0) is 20.0. The van der Waals surface area contributed by atoms with Crippen LogP contribution in [0.3, 0.4) is 0 Å². The first kappa shape index (κ1) is 18.2. The van der Waals surface area contributed by atoms with Gasteiger partial charge in [0.15, 0.2) is 0 Å². The topological polar surface area (TPSA) is 0 Å². The fourth-order valence-electron chi connectivity index (χ4n) is 5.79. The van der Waals surface area contributed by atoms with Gasteiger partial charge in [0.2, 0.25) is 0 Å². The van der Waals surface area contributed by atoms with Crippen molar-refractivity contribution in [3.63, 3.8) is 0 Å².